The SMILES string of the molecule is Cc1cncc(OCC(N)CNCC2(c3ccccc3)CCCC2)c1. The third kappa shape index (κ3) is 4.80. The van der Waals surface area contributed by atoms with Crippen molar-refractivity contribution >= 4 is 0 Å². The van der Waals surface area contributed by atoms with E-state index in [4.69, 9.17) is 10.5 Å². The van der Waals surface area contributed by atoms with Gasteiger partial charge in [-0.3, -0.25) is 4.98 Å². The summed E-state index contributed by atoms with van der Waals surface area (Å²) in [6.45, 7) is 4.24. The summed E-state index contributed by atoms with van der Waals surface area (Å²) in [6.07, 6.45) is 8.68. The predicted octanol–water partition coefficient (Wildman–Crippen LogP) is 3.20. The Bertz CT molecular complexity index is 653. The molecule has 0 aliphatic heterocycles. The molecule has 0 bridgehead atoms. The summed E-state index contributed by atoms with van der Waals surface area (Å²) in [5.41, 5.74) is 9.03. The third-order valence-corrected chi connectivity index (χ3v) is 5.13. The Kier molecular flexibility index (Phi) is 6.05. The summed E-state index contributed by atoms with van der Waals surface area (Å²) >= 11 is 0. The summed E-state index contributed by atoms with van der Waals surface area (Å²) in [5, 5.41) is 3.59. The topological polar surface area (TPSA) is 60.2 Å². The van der Waals surface area contributed by atoms with Crippen molar-refractivity contribution in [2.75, 3.05) is 19.7 Å². The summed E-state index contributed by atoms with van der Waals surface area (Å²) in [4.78, 5) is 4.14. The largest absolute Gasteiger partial charge is 0.490 e. The van der Waals surface area contributed by atoms with Gasteiger partial charge in [0.15, 0.2) is 0 Å². The first kappa shape index (κ1) is 17.9. The molecule has 0 radical (unpaired) electrons. The fourth-order valence-electron chi connectivity index (χ4n) is 3.78. The van der Waals surface area contributed by atoms with Crippen molar-refractivity contribution in [3.05, 3.63) is 59.9 Å². The van der Waals surface area contributed by atoms with Crippen LogP contribution in [-0.4, -0.2) is 30.7 Å². The van der Waals surface area contributed by atoms with Gasteiger partial charge < -0.3 is 15.8 Å². The highest BCUT2D eigenvalue weighted by Crippen LogP contribution is 2.40. The molecule has 1 fully saturated rings. The van der Waals surface area contributed by atoms with Crippen molar-refractivity contribution in [2.45, 2.75) is 44.1 Å². The van der Waals surface area contributed by atoms with Crippen LogP contribution in [0.15, 0.2) is 48.8 Å². The van der Waals surface area contributed by atoms with Crippen molar-refractivity contribution in [2.24, 2.45) is 5.73 Å². The third-order valence-electron chi connectivity index (χ3n) is 5.13. The van der Waals surface area contributed by atoms with Crippen molar-refractivity contribution in [1.82, 2.24) is 10.3 Å². The maximum Gasteiger partial charge on any atom is 0.137 e. The van der Waals surface area contributed by atoms with Crippen LogP contribution < -0.4 is 15.8 Å². The van der Waals surface area contributed by atoms with Crippen molar-refractivity contribution in [3.63, 3.8) is 0 Å². The van der Waals surface area contributed by atoms with E-state index in [0.717, 1.165) is 24.4 Å². The molecule has 1 aromatic heterocycles. The molecule has 4 heteroatoms. The molecule has 134 valence electrons. The van der Waals surface area contributed by atoms with E-state index in [0.29, 0.717) is 6.61 Å². The molecule has 25 heavy (non-hydrogen) atoms. The van der Waals surface area contributed by atoms with Gasteiger partial charge >= 0.3 is 0 Å². The standard InChI is InChI=1S/C21H29N3O/c1-17-11-20(14-23-12-17)25-15-19(22)13-24-16-21(9-5-6-10-21)18-7-3-2-4-8-18/h2-4,7-8,11-12,14,19,24H,5-6,9-10,13,15-16,22H2,1H3. The van der Waals surface area contributed by atoms with Gasteiger partial charge in [0.05, 0.1) is 12.2 Å². The molecule has 1 heterocycles. The highest BCUT2D eigenvalue weighted by molar-refractivity contribution is 5.27. The van der Waals surface area contributed by atoms with Gasteiger partial charge in [0.25, 0.3) is 0 Å². The number of aryl methyl sites for hydroxylation is 1. The van der Waals surface area contributed by atoms with Crippen LogP contribution in [0.5, 0.6) is 5.75 Å². The number of aromatic nitrogens is 1. The quantitative estimate of drug-likeness (QED) is 0.775. The lowest BCUT2D eigenvalue weighted by Gasteiger charge is -2.30. The Morgan fingerprint density at radius 3 is 2.68 bits per heavy atom. The zero-order valence-corrected chi connectivity index (χ0v) is 15.1. The van der Waals surface area contributed by atoms with Gasteiger partial charge in [0.1, 0.15) is 12.4 Å². The molecule has 1 atom stereocenters. The van der Waals surface area contributed by atoms with Gasteiger partial charge in [-0.1, -0.05) is 43.2 Å². The summed E-state index contributed by atoms with van der Waals surface area (Å²) in [7, 11) is 0. The van der Waals surface area contributed by atoms with Crippen LogP contribution >= 0.6 is 0 Å². The monoisotopic (exact) mass is 339 g/mol. The summed E-state index contributed by atoms with van der Waals surface area (Å²) < 4.78 is 5.75. The smallest absolute Gasteiger partial charge is 0.137 e. The van der Waals surface area contributed by atoms with E-state index in [2.05, 4.69) is 40.6 Å². The second-order valence-corrected chi connectivity index (χ2v) is 7.25. The molecule has 1 aliphatic carbocycles. The van der Waals surface area contributed by atoms with Gasteiger partial charge in [-0.15, -0.1) is 0 Å². The van der Waals surface area contributed by atoms with Gasteiger partial charge in [-0.25, -0.2) is 0 Å². The van der Waals surface area contributed by atoms with E-state index in [1.807, 2.05) is 19.2 Å². The number of hydrogen-bond donors (Lipinski definition) is 2. The number of nitrogens with zero attached hydrogens (tertiary/aromatic N) is 1. The maximum absolute atomic E-state index is 6.22. The number of nitrogens with two attached hydrogens (primary N) is 1. The fraction of sp³-hybridized carbons (Fsp3) is 0.476. The van der Waals surface area contributed by atoms with Crippen LogP contribution in [0.25, 0.3) is 0 Å². The van der Waals surface area contributed by atoms with E-state index >= 15 is 0 Å². The van der Waals surface area contributed by atoms with E-state index in [1.54, 1.807) is 6.20 Å². The van der Waals surface area contributed by atoms with E-state index in [-0.39, 0.29) is 11.5 Å². The van der Waals surface area contributed by atoms with Crippen LogP contribution in [0.3, 0.4) is 0 Å². The molecular formula is C21H29N3O. The van der Waals surface area contributed by atoms with Crippen molar-refractivity contribution in [1.29, 1.82) is 0 Å². The number of hydrogen-bond acceptors (Lipinski definition) is 4. The minimum absolute atomic E-state index is 0.0326. The fourth-order valence-corrected chi connectivity index (χ4v) is 3.78. The van der Waals surface area contributed by atoms with Gasteiger partial charge in [-0.05, 0) is 37.0 Å². The molecule has 1 unspecified atom stereocenters. The molecule has 3 N–H and O–H groups in total. The lowest BCUT2D eigenvalue weighted by atomic mass is 9.79. The van der Waals surface area contributed by atoms with Crippen molar-refractivity contribution in [3.8, 4) is 5.75 Å². The molecule has 0 spiro atoms. The molecule has 2 aromatic rings. The molecule has 0 amide bonds. The first-order valence-corrected chi connectivity index (χ1v) is 9.24. The first-order valence-electron chi connectivity index (χ1n) is 9.24. The predicted molar refractivity (Wildman–Crippen MR) is 102 cm³/mol. The number of nitrogens with one attached hydrogen (secondary N) is 1. The number of ether oxygens (including phenoxy) is 1. The lowest BCUT2D eigenvalue weighted by molar-refractivity contribution is 0.278. The van der Waals surface area contributed by atoms with E-state index in [1.165, 1.54) is 31.2 Å². The van der Waals surface area contributed by atoms with Crippen LogP contribution in [0, 0.1) is 6.92 Å². The second kappa shape index (κ2) is 8.45. The van der Waals surface area contributed by atoms with Crippen LogP contribution in [0.1, 0.15) is 36.8 Å². The maximum atomic E-state index is 6.22. The van der Waals surface area contributed by atoms with E-state index in [9.17, 15) is 0 Å². The van der Waals surface area contributed by atoms with E-state index < -0.39 is 0 Å². The minimum atomic E-state index is -0.0326. The van der Waals surface area contributed by atoms with Gasteiger partial charge in [-0.2, -0.15) is 0 Å². The number of benzene rings is 1. The molecule has 3 rings (SSSR count). The molecule has 1 aliphatic rings. The number of rotatable bonds is 8. The average molecular weight is 339 g/mol. The zero-order valence-electron chi connectivity index (χ0n) is 15.1. The number of pyridine rings is 1. The normalized spacial score (nSPS) is 17.4. The van der Waals surface area contributed by atoms with Gasteiger partial charge in [0, 0.05) is 24.7 Å². The first-order chi connectivity index (χ1) is 12.2. The molecule has 4 nitrogen and oxygen atoms in total. The molecule has 1 saturated carbocycles. The molecule has 1 aromatic carbocycles. The Balaban J connectivity index is 1.47. The Labute approximate surface area is 150 Å². The van der Waals surface area contributed by atoms with Crippen LogP contribution in [0.2, 0.25) is 0 Å². The Morgan fingerprint density at radius 1 is 1.20 bits per heavy atom. The highest BCUT2D eigenvalue weighted by atomic mass is 16.5. The van der Waals surface area contributed by atoms with Crippen LogP contribution in [0.4, 0.5) is 0 Å². The second-order valence-electron chi connectivity index (χ2n) is 7.25. The Hall–Kier alpha value is -1.91. The van der Waals surface area contributed by atoms with Crippen LogP contribution in [-0.2, 0) is 5.41 Å². The van der Waals surface area contributed by atoms with Crippen molar-refractivity contribution < 1.29 is 4.74 Å². The molecular weight excluding hydrogens is 310 g/mol. The molecule has 0 saturated heterocycles. The minimum Gasteiger partial charge on any atom is -0.490 e. The lowest BCUT2D eigenvalue weighted by Crippen LogP contribution is -2.43. The Morgan fingerprint density at radius 2 is 1.96 bits per heavy atom. The summed E-state index contributed by atoms with van der Waals surface area (Å²) in [5.74, 6) is 0.784. The van der Waals surface area contributed by atoms with Gasteiger partial charge in [0.2, 0.25) is 0 Å². The summed E-state index contributed by atoms with van der Waals surface area (Å²) in [6, 6.07) is 12.9. The zero-order chi connectivity index (χ0) is 17.5. The highest BCUT2D eigenvalue weighted by Gasteiger charge is 2.35. The average Bonchev–Trinajstić information content (AvgIpc) is 3.11.